The highest BCUT2D eigenvalue weighted by Gasteiger charge is 2.61. The van der Waals surface area contributed by atoms with E-state index in [0.29, 0.717) is 18.6 Å². The van der Waals surface area contributed by atoms with Crippen molar-refractivity contribution >= 4 is 6.29 Å². The molecule has 0 amide bonds. The van der Waals surface area contributed by atoms with Gasteiger partial charge in [-0.15, -0.1) is 6.58 Å². The Labute approximate surface area is 195 Å². The Morgan fingerprint density at radius 2 is 1.97 bits per heavy atom. The van der Waals surface area contributed by atoms with Gasteiger partial charge in [0, 0.05) is 5.41 Å². The van der Waals surface area contributed by atoms with Crippen LogP contribution >= 0.6 is 0 Å². The zero-order chi connectivity index (χ0) is 24.2. The third-order valence-corrected chi connectivity index (χ3v) is 9.14. The van der Waals surface area contributed by atoms with Gasteiger partial charge >= 0.3 is 0 Å². The highest BCUT2D eigenvalue weighted by molar-refractivity contribution is 5.70. The molecular formula is C26H38O7. The maximum absolute atomic E-state index is 11.1. The number of hydrogen-bond acceptors (Lipinski definition) is 7. The highest BCUT2D eigenvalue weighted by Crippen LogP contribution is 2.63. The van der Waals surface area contributed by atoms with E-state index in [-0.39, 0.29) is 29.1 Å². The van der Waals surface area contributed by atoms with Crippen molar-refractivity contribution in [3.63, 3.8) is 0 Å². The van der Waals surface area contributed by atoms with Crippen molar-refractivity contribution in [3.05, 3.63) is 36.1 Å². The summed E-state index contributed by atoms with van der Waals surface area (Å²) in [4.78, 5) is 11.1. The molecule has 0 saturated heterocycles. The van der Waals surface area contributed by atoms with E-state index < -0.39 is 36.1 Å². The molecule has 1 heterocycles. The minimum absolute atomic E-state index is 0.00628. The predicted octanol–water partition coefficient (Wildman–Crippen LogP) is 2.24. The Kier molecular flexibility index (Phi) is 6.42. The average Bonchev–Trinajstić information content (AvgIpc) is 2.78. The van der Waals surface area contributed by atoms with Gasteiger partial charge in [-0.2, -0.15) is 0 Å². The van der Waals surface area contributed by atoms with Crippen molar-refractivity contribution in [2.75, 3.05) is 6.61 Å². The standard InChI is InChI=1S/C26H38O7/c1-5-24(2)9-8-17-15(11-24)6-7-20-25(17,3)12-19(29)22(31)26(20,4)14-32-23-21(30)18(28)10-16(13-27)33-23/h5-6,10,13,17-23,28-31H,1,7-9,11-12,14H2,2-4H3/t17-,18+,19+,20+,21-,22-,23+,24-,25+,26+/m0/s1. The van der Waals surface area contributed by atoms with E-state index in [2.05, 4.69) is 32.6 Å². The Morgan fingerprint density at radius 3 is 2.64 bits per heavy atom. The number of aliphatic hydroxyl groups excluding tert-OH is 4. The summed E-state index contributed by atoms with van der Waals surface area (Å²) in [5.41, 5.74) is 0.473. The first-order valence-electron chi connectivity index (χ1n) is 12.0. The fourth-order valence-electron chi connectivity index (χ4n) is 7.09. The molecule has 0 unspecified atom stereocenters. The van der Waals surface area contributed by atoms with E-state index in [0.717, 1.165) is 31.8 Å². The van der Waals surface area contributed by atoms with Gasteiger partial charge in [0.1, 0.15) is 12.2 Å². The summed E-state index contributed by atoms with van der Waals surface area (Å²) in [7, 11) is 0. The number of aldehydes is 1. The number of hydrogen-bond donors (Lipinski definition) is 4. The molecule has 0 aromatic carbocycles. The number of allylic oxidation sites excluding steroid dienone is 4. The number of ether oxygens (including phenoxy) is 2. The molecule has 2 saturated carbocycles. The van der Waals surface area contributed by atoms with Crippen LogP contribution in [0.4, 0.5) is 0 Å². The molecule has 0 aromatic rings. The minimum Gasteiger partial charge on any atom is -0.459 e. The Morgan fingerprint density at radius 1 is 1.24 bits per heavy atom. The van der Waals surface area contributed by atoms with Gasteiger partial charge in [-0.1, -0.05) is 38.5 Å². The van der Waals surface area contributed by atoms with E-state index in [1.165, 1.54) is 5.57 Å². The Balaban J connectivity index is 1.60. The van der Waals surface area contributed by atoms with Crippen molar-refractivity contribution < 1.29 is 34.7 Å². The lowest BCUT2D eigenvalue weighted by atomic mass is 9.44. The van der Waals surface area contributed by atoms with Crippen molar-refractivity contribution in [3.8, 4) is 0 Å². The number of carbonyl (C=O) groups excluding carboxylic acids is 1. The molecule has 4 rings (SSSR count). The molecule has 33 heavy (non-hydrogen) atoms. The highest BCUT2D eigenvalue weighted by atomic mass is 16.7. The largest absolute Gasteiger partial charge is 0.459 e. The van der Waals surface area contributed by atoms with Gasteiger partial charge in [0.2, 0.25) is 6.29 Å². The summed E-state index contributed by atoms with van der Waals surface area (Å²) in [5, 5.41) is 42.4. The number of aliphatic hydroxyl groups is 4. The van der Waals surface area contributed by atoms with Crippen molar-refractivity contribution in [1.29, 1.82) is 0 Å². The Bertz CT molecular complexity index is 852. The number of rotatable bonds is 5. The lowest BCUT2D eigenvalue weighted by Gasteiger charge is -2.62. The summed E-state index contributed by atoms with van der Waals surface area (Å²) in [6, 6.07) is 0. The molecule has 0 radical (unpaired) electrons. The molecule has 0 bridgehead atoms. The van der Waals surface area contributed by atoms with Crippen molar-refractivity contribution in [2.45, 2.75) is 83.6 Å². The average molecular weight is 463 g/mol. The number of fused-ring (bicyclic) bond motifs is 3. The SMILES string of the molecule is C=C[C@@]1(C)CC[C@H]2C(=CC[C@@H]3[C@]2(C)C[C@@H](O)[C@H](O)[C@]3(C)CO[C@@H]2OC(C=O)=C[C@@H](O)[C@@H]2O)C1. The first-order chi connectivity index (χ1) is 15.5. The second-order valence-electron chi connectivity index (χ2n) is 11.4. The van der Waals surface area contributed by atoms with Crippen LogP contribution in [0.25, 0.3) is 0 Å². The number of carbonyl (C=O) groups is 1. The molecule has 1 aliphatic heterocycles. The second kappa shape index (κ2) is 8.61. The van der Waals surface area contributed by atoms with Crippen molar-refractivity contribution in [1.82, 2.24) is 0 Å². The van der Waals surface area contributed by atoms with Crippen LogP contribution in [-0.2, 0) is 14.3 Å². The van der Waals surface area contributed by atoms with Crippen molar-refractivity contribution in [2.24, 2.45) is 28.1 Å². The normalized spacial score (nSPS) is 49.6. The van der Waals surface area contributed by atoms with Crippen LogP contribution in [0.5, 0.6) is 0 Å². The van der Waals surface area contributed by atoms with Crippen LogP contribution in [0.1, 0.15) is 52.9 Å². The molecular weight excluding hydrogens is 424 g/mol. The third kappa shape index (κ3) is 4.02. The summed E-state index contributed by atoms with van der Waals surface area (Å²) in [6.07, 6.45) is 4.44. The second-order valence-corrected chi connectivity index (χ2v) is 11.4. The molecule has 10 atom stereocenters. The summed E-state index contributed by atoms with van der Waals surface area (Å²) >= 11 is 0. The maximum atomic E-state index is 11.1. The quantitative estimate of drug-likeness (QED) is 0.366. The molecule has 3 aliphatic carbocycles. The van der Waals surface area contributed by atoms with Gasteiger partial charge in [0.05, 0.1) is 18.8 Å². The maximum Gasteiger partial charge on any atom is 0.229 e. The zero-order valence-corrected chi connectivity index (χ0v) is 19.8. The van der Waals surface area contributed by atoms with Crippen LogP contribution in [0, 0.1) is 28.1 Å². The first-order valence-corrected chi connectivity index (χ1v) is 12.0. The van der Waals surface area contributed by atoms with Gasteiger partial charge < -0.3 is 29.9 Å². The van der Waals surface area contributed by atoms with Gasteiger partial charge in [0.15, 0.2) is 12.0 Å². The lowest BCUT2D eigenvalue weighted by molar-refractivity contribution is -0.251. The van der Waals surface area contributed by atoms with Crippen LogP contribution < -0.4 is 0 Å². The van der Waals surface area contributed by atoms with E-state index >= 15 is 0 Å². The minimum atomic E-state index is -1.36. The monoisotopic (exact) mass is 462 g/mol. The van der Waals surface area contributed by atoms with Gasteiger partial charge in [-0.05, 0) is 60.8 Å². The zero-order valence-electron chi connectivity index (χ0n) is 19.8. The lowest BCUT2D eigenvalue weighted by Crippen LogP contribution is -2.63. The smallest absolute Gasteiger partial charge is 0.229 e. The van der Waals surface area contributed by atoms with E-state index in [1.54, 1.807) is 0 Å². The Hall–Kier alpha value is -1.51. The summed E-state index contributed by atoms with van der Waals surface area (Å²) in [5.74, 6) is 0.250. The van der Waals surface area contributed by atoms with E-state index in [1.807, 2.05) is 6.92 Å². The van der Waals surface area contributed by atoms with E-state index in [9.17, 15) is 25.2 Å². The molecule has 4 N–H and O–H groups in total. The molecule has 184 valence electrons. The van der Waals surface area contributed by atoms with Crippen LogP contribution in [0.15, 0.2) is 36.1 Å². The predicted molar refractivity (Wildman–Crippen MR) is 122 cm³/mol. The summed E-state index contributed by atoms with van der Waals surface area (Å²) in [6.45, 7) is 10.4. The van der Waals surface area contributed by atoms with E-state index in [4.69, 9.17) is 9.47 Å². The van der Waals surface area contributed by atoms with Crippen LogP contribution in [-0.4, -0.2) is 64.0 Å². The molecule has 7 heteroatoms. The third-order valence-electron chi connectivity index (χ3n) is 9.14. The van der Waals surface area contributed by atoms with Crippen LogP contribution in [0.3, 0.4) is 0 Å². The van der Waals surface area contributed by atoms with Gasteiger partial charge in [-0.3, -0.25) is 4.79 Å². The topological polar surface area (TPSA) is 116 Å². The summed E-state index contributed by atoms with van der Waals surface area (Å²) < 4.78 is 11.3. The molecule has 7 nitrogen and oxygen atoms in total. The molecule has 4 aliphatic rings. The fraction of sp³-hybridized carbons (Fsp3) is 0.731. The van der Waals surface area contributed by atoms with Crippen LogP contribution in [0.2, 0.25) is 0 Å². The molecule has 0 spiro atoms. The van der Waals surface area contributed by atoms with Gasteiger partial charge in [0.25, 0.3) is 0 Å². The first kappa shape index (κ1) is 24.6. The molecule has 2 fully saturated rings. The molecule has 0 aromatic heterocycles. The fourth-order valence-corrected chi connectivity index (χ4v) is 7.09. The van der Waals surface area contributed by atoms with Gasteiger partial charge in [-0.25, -0.2) is 0 Å².